The van der Waals surface area contributed by atoms with E-state index < -0.39 is 0 Å². The van der Waals surface area contributed by atoms with Gasteiger partial charge in [0.05, 0.1) is 18.8 Å². The van der Waals surface area contributed by atoms with E-state index in [0.29, 0.717) is 5.02 Å². The van der Waals surface area contributed by atoms with E-state index in [1.54, 1.807) is 7.11 Å². The molecule has 1 saturated carbocycles. The summed E-state index contributed by atoms with van der Waals surface area (Å²) >= 11 is 6.20. The Balaban J connectivity index is 1.86. The van der Waals surface area contributed by atoms with Gasteiger partial charge in [0, 0.05) is 37.2 Å². The Kier molecular flexibility index (Phi) is 6.62. The first-order valence-corrected chi connectivity index (χ1v) is 9.82. The van der Waals surface area contributed by atoms with Crippen molar-refractivity contribution in [2.24, 2.45) is 10.7 Å². The molecule has 2 aliphatic rings. The summed E-state index contributed by atoms with van der Waals surface area (Å²) in [5, 5.41) is 4.15. The molecule has 2 fully saturated rings. The molecule has 1 aliphatic heterocycles. The minimum Gasteiger partial charge on any atom is -0.495 e. The maximum atomic E-state index is 6.35. The van der Waals surface area contributed by atoms with Gasteiger partial charge in [-0.15, -0.1) is 0 Å². The molecule has 0 aromatic heterocycles. The van der Waals surface area contributed by atoms with Crippen LogP contribution in [0.1, 0.15) is 25.7 Å². The topological polar surface area (TPSA) is 66.1 Å². The van der Waals surface area contributed by atoms with Gasteiger partial charge in [0.2, 0.25) is 0 Å². The van der Waals surface area contributed by atoms with Gasteiger partial charge >= 0.3 is 0 Å². The second-order valence-corrected chi connectivity index (χ2v) is 7.66. The number of nitrogens with two attached hydrogens (primary N) is 1. The first-order chi connectivity index (χ1) is 12.6. The van der Waals surface area contributed by atoms with Crippen LogP contribution in [0.15, 0.2) is 23.2 Å². The number of piperazine rings is 1. The normalized spacial score (nSPS) is 25.2. The van der Waals surface area contributed by atoms with Crippen molar-refractivity contribution in [1.82, 2.24) is 9.80 Å². The van der Waals surface area contributed by atoms with E-state index in [2.05, 4.69) is 22.2 Å². The Morgan fingerprint density at radius 2 is 1.96 bits per heavy atom. The monoisotopic (exact) mass is 379 g/mol. The van der Waals surface area contributed by atoms with Crippen LogP contribution in [0, 0.1) is 0 Å². The zero-order chi connectivity index (χ0) is 18.5. The number of nitrogens with zero attached hydrogens (tertiary/aromatic N) is 3. The molecule has 1 aromatic rings. The highest BCUT2D eigenvalue weighted by Gasteiger charge is 2.25. The standard InChI is InChI=1S/C19H30ClN5O/c1-24-9-11-25(12-10-24)19(22-16-6-4-3-5-15(16)21)23-17-13-14(20)7-8-18(17)26-2/h7-8,13,15-16H,3-6,9-12,21H2,1-2H3,(H,22,23)/t15-,16-/m0/s1. The summed E-state index contributed by atoms with van der Waals surface area (Å²) in [5.74, 6) is 1.63. The smallest absolute Gasteiger partial charge is 0.198 e. The number of benzene rings is 1. The molecule has 3 rings (SSSR count). The predicted octanol–water partition coefficient (Wildman–Crippen LogP) is 2.63. The molecule has 0 amide bonds. The number of hydrogen-bond acceptors (Lipinski definition) is 4. The number of guanidine groups is 1. The average Bonchev–Trinajstić information content (AvgIpc) is 2.64. The van der Waals surface area contributed by atoms with Crippen LogP contribution in [-0.4, -0.2) is 68.2 Å². The molecule has 26 heavy (non-hydrogen) atoms. The van der Waals surface area contributed by atoms with E-state index in [1.165, 1.54) is 12.8 Å². The lowest BCUT2D eigenvalue weighted by Crippen LogP contribution is -2.50. The summed E-state index contributed by atoms with van der Waals surface area (Å²) in [5.41, 5.74) is 7.18. The summed E-state index contributed by atoms with van der Waals surface area (Å²) in [6.07, 6.45) is 4.49. The highest BCUT2D eigenvalue weighted by atomic mass is 35.5. The van der Waals surface area contributed by atoms with E-state index in [1.807, 2.05) is 18.2 Å². The zero-order valence-electron chi connectivity index (χ0n) is 15.7. The van der Waals surface area contributed by atoms with E-state index in [-0.39, 0.29) is 12.1 Å². The number of hydrogen-bond donors (Lipinski definition) is 2. The minimum absolute atomic E-state index is 0.134. The highest BCUT2D eigenvalue weighted by molar-refractivity contribution is 6.31. The third kappa shape index (κ3) is 4.81. The molecule has 6 nitrogen and oxygen atoms in total. The number of aliphatic imine (C=N–C) groups is 1. The minimum atomic E-state index is 0.134. The van der Waals surface area contributed by atoms with Gasteiger partial charge in [-0.2, -0.15) is 0 Å². The van der Waals surface area contributed by atoms with Crippen molar-refractivity contribution in [1.29, 1.82) is 0 Å². The number of likely N-dealkylation sites (N-methyl/N-ethyl adjacent to an activating group) is 1. The number of ether oxygens (including phenoxy) is 1. The lowest BCUT2D eigenvalue weighted by Gasteiger charge is -2.36. The molecule has 3 N–H and O–H groups in total. The van der Waals surface area contributed by atoms with Crippen molar-refractivity contribution in [2.45, 2.75) is 37.8 Å². The number of nitrogens with one attached hydrogen (secondary N) is 1. The Bertz CT molecular complexity index is 630. The molecule has 0 spiro atoms. The SMILES string of the molecule is COc1ccc(Cl)cc1NC(=N[C@H]1CCCC[C@@H]1N)N1CCN(C)CC1. The van der Waals surface area contributed by atoms with E-state index in [4.69, 9.17) is 27.1 Å². The van der Waals surface area contributed by atoms with Gasteiger partial charge < -0.3 is 25.6 Å². The fourth-order valence-electron chi connectivity index (χ4n) is 3.57. The van der Waals surface area contributed by atoms with Crippen molar-refractivity contribution >= 4 is 23.2 Å². The first-order valence-electron chi connectivity index (χ1n) is 9.44. The van der Waals surface area contributed by atoms with Gasteiger partial charge in [-0.1, -0.05) is 24.4 Å². The molecule has 0 radical (unpaired) electrons. The van der Waals surface area contributed by atoms with Crippen LogP contribution in [0.3, 0.4) is 0 Å². The molecule has 1 aromatic carbocycles. The Labute approximate surface area is 161 Å². The van der Waals surface area contributed by atoms with Crippen molar-refractivity contribution in [3.8, 4) is 5.75 Å². The lowest BCUT2D eigenvalue weighted by molar-refractivity contribution is 0.214. The van der Waals surface area contributed by atoms with Gasteiger partial charge in [0.15, 0.2) is 5.96 Å². The van der Waals surface area contributed by atoms with E-state index >= 15 is 0 Å². The Morgan fingerprint density at radius 3 is 2.65 bits per heavy atom. The third-order valence-corrected chi connectivity index (χ3v) is 5.52. The molecule has 7 heteroatoms. The molecule has 0 bridgehead atoms. The maximum Gasteiger partial charge on any atom is 0.198 e. The molecule has 2 atom stereocenters. The quantitative estimate of drug-likeness (QED) is 0.624. The summed E-state index contributed by atoms with van der Waals surface area (Å²) in [6, 6.07) is 5.88. The van der Waals surface area contributed by atoms with Crippen molar-refractivity contribution < 1.29 is 4.74 Å². The van der Waals surface area contributed by atoms with E-state index in [0.717, 1.165) is 56.4 Å². The fraction of sp³-hybridized carbons (Fsp3) is 0.632. The van der Waals surface area contributed by atoms with Gasteiger partial charge in [0.25, 0.3) is 0 Å². The van der Waals surface area contributed by atoms with Gasteiger partial charge in [-0.05, 0) is 38.1 Å². The fourth-order valence-corrected chi connectivity index (χ4v) is 3.74. The molecule has 0 unspecified atom stereocenters. The van der Waals surface area contributed by atoms with Crippen LogP contribution in [0.2, 0.25) is 5.02 Å². The number of anilines is 1. The number of rotatable bonds is 3. The zero-order valence-corrected chi connectivity index (χ0v) is 16.5. The van der Waals surface area contributed by atoms with Crippen LogP contribution in [0.5, 0.6) is 5.75 Å². The molecule has 1 aliphatic carbocycles. The number of methoxy groups -OCH3 is 1. The highest BCUT2D eigenvalue weighted by Crippen LogP contribution is 2.28. The van der Waals surface area contributed by atoms with Gasteiger partial charge in [-0.25, -0.2) is 4.99 Å². The first kappa shape index (κ1) is 19.3. The predicted molar refractivity (Wildman–Crippen MR) is 108 cm³/mol. The molecular weight excluding hydrogens is 350 g/mol. The molecule has 1 heterocycles. The van der Waals surface area contributed by atoms with Crippen LogP contribution in [0.4, 0.5) is 5.69 Å². The summed E-state index contributed by atoms with van der Waals surface area (Å²) in [4.78, 5) is 9.70. The summed E-state index contributed by atoms with van der Waals surface area (Å²) < 4.78 is 5.49. The Hall–Kier alpha value is -1.50. The second-order valence-electron chi connectivity index (χ2n) is 7.23. The van der Waals surface area contributed by atoms with Gasteiger partial charge in [-0.3, -0.25) is 0 Å². The second kappa shape index (κ2) is 8.93. The molecule has 1 saturated heterocycles. The van der Waals surface area contributed by atoms with Crippen molar-refractivity contribution in [3.63, 3.8) is 0 Å². The largest absolute Gasteiger partial charge is 0.495 e. The van der Waals surface area contributed by atoms with Crippen LogP contribution in [-0.2, 0) is 0 Å². The maximum absolute atomic E-state index is 6.35. The van der Waals surface area contributed by atoms with Crippen molar-refractivity contribution in [3.05, 3.63) is 23.2 Å². The summed E-state index contributed by atoms with van der Waals surface area (Å²) in [7, 11) is 3.82. The molecule has 144 valence electrons. The lowest BCUT2D eigenvalue weighted by atomic mass is 9.91. The Morgan fingerprint density at radius 1 is 1.23 bits per heavy atom. The van der Waals surface area contributed by atoms with Crippen molar-refractivity contribution in [2.75, 3.05) is 45.7 Å². The van der Waals surface area contributed by atoms with Gasteiger partial charge in [0.1, 0.15) is 5.75 Å². The summed E-state index contributed by atoms with van der Waals surface area (Å²) in [6.45, 7) is 3.91. The van der Waals surface area contributed by atoms with E-state index in [9.17, 15) is 0 Å². The third-order valence-electron chi connectivity index (χ3n) is 5.28. The van der Waals surface area contributed by atoms with Crippen LogP contribution >= 0.6 is 11.6 Å². The number of halogens is 1. The average molecular weight is 380 g/mol. The molecular formula is C19H30ClN5O. The van der Waals surface area contributed by atoms with Crippen LogP contribution < -0.4 is 15.8 Å². The van der Waals surface area contributed by atoms with Crippen LogP contribution in [0.25, 0.3) is 0 Å².